The molecule has 1 fully saturated rings. The Morgan fingerprint density at radius 3 is 2.56 bits per heavy atom. The molecule has 27 heavy (non-hydrogen) atoms. The number of piperidine rings is 1. The molecule has 1 saturated heterocycles. The van der Waals surface area contributed by atoms with Gasteiger partial charge in [0.25, 0.3) is 0 Å². The second kappa shape index (κ2) is 7.67. The third-order valence-electron chi connectivity index (χ3n) is 4.90. The van der Waals surface area contributed by atoms with Crippen molar-refractivity contribution in [3.05, 3.63) is 18.2 Å². The fraction of sp³-hybridized carbons (Fsp3) is 0.632. The molecule has 2 aliphatic rings. The summed E-state index contributed by atoms with van der Waals surface area (Å²) in [6.45, 7) is 6.43. The first-order chi connectivity index (χ1) is 12.7. The fourth-order valence-corrected chi connectivity index (χ4v) is 5.08. The highest BCUT2D eigenvalue weighted by atomic mass is 32.2. The Hall–Kier alpha value is -1.80. The Morgan fingerprint density at radius 2 is 1.89 bits per heavy atom. The van der Waals surface area contributed by atoms with E-state index in [0.29, 0.717) is 49.5 Å². The van der Waals surface area contributed by atoms with E-state index in [0.717, 1.165) is 6.42 Å². The molecule has 0 radical (unpaired) electrons. The van der Waals surface area contributed by atoms with Gasteiger partial charge in [0.2, 0.25) is 21.7 Å². The Morgan fingerprint density at radius 1 is 1.22 bits per heavy atom. The quantitative estimate of drug-likeness (QED) is 0.799. The van der Waals surface area contributed by atoms with Gasteiger partial charge in [-0.2, -0.15) is 0 Å². The number of nitrogens with one attached hydrogen (secondary N) is 1. The van der Waals surface area contributed by atoms with E-state index < -0.39 is 15.8 Å². The Bertz CT molecular complexity index is 798. The average Bonchev–Trinajstić information content (AvgIpc) is 2.93. The second-order valence-electron chi connectivity index (χ2n) is 7.60. The fourth-order valence-electron chi connectivity index (χ4n) is 3.40. The molecule has 2 aliphatic heterocycles. The molecule has 0 spiro atoms. The van der Waals surface area contributed by atoms with Gasteiger partial charge >= 0.3 is 0 Å². The number of amides is 1. The molecule has 1 aromatic rings. The van der Waals surface area contributed by atoms with E-state index in [1.807, 2.05) is 20.8 Å². The highest BCUT2D eigenvalue weighted by Crippen LogP contribution is 2.40. The first-order valence-electron chi connectivity index (χ1n) is 9.51. The van der Waals surface area contributed by atoms with Gasteiger partial charge in [-0.25, -0.2) is 12.7 Å². The minimum atomic E-state index is -3.20. The van der Waals surface area contributed by atoms with E-state index in [-0.39, 0.29) is 17.6 Å². The largest absolute Gasteiger partial charge is 0.449 e. The van der Waals surface area contributed by atoms with Crippen molar-refractivity contribution in [1.29, 1.82) is 0 Å². The number of hydrogen-bond donors (Lipinski definition) is 1. The van der Waals surface area contributed by atoms with Crippen molar-refractivity contribution in [3.63, 3.8) is 0 Å². The van der Waals surface area contributed by atoms with E-state index in [4.69, 9.17) is 9.47 Å². The summed E-state index contributed by atoms with van der Waals surface area (Å²) in [5.74, 6) is 0.469. The lowest BCUT2D eigenvalue weighted by Gasteiger charge is -2.30. The summed E-state index contributed by atoms with van der Waals surface area (Å²) in [5.41, 5.74) is 0.651. The van der Waals surface area contributed by atoms with Gasteiger partial charge in [0.1, 0.15) is 0 Å². The topological polar surface area (TPSA) is 84.9 Å². The van der Waals surface area contributed by atoms with Crippen LogP contribution in [0.3, 0.4) is 0 Å². The number of carbonyl (C=O) groups is 1. The monoisotopic (exact) mass is 396 g/mol. The molecular weight excluding hydrogens is 368 g/mol. The number of ether oxygens (including phenoxy) is 2. The maximum absolute atomic E-state index is 12.6. The normalized spacial score (nSPS) is 19.8. The van der Waals surface area contributed by atoms with Crippen LogP contribution in [0.25, 0.3) is 0 Å². The van der Waals surface area contributed by atoms with Gasteiger partial charge in [0.15, 0.2) is 11.5 Å². The highest BCUT2D eigenvalue weighted by Gasteiger charge is 2.33. The van der Waals surface area contributed by atoms with Crippen molar-refractivity contribution in [3.8, 4) is 11.5 Å². The van der Waals surface area contributed by atoms with E-state index in [1.165, 1.54) is 4.31 Å². The number of unbranched alkanes of at least 4 members (excludes halogenated alkanes) is 1. The molecule has 0 aliphatic carbocycles. The van der Waals surface area contributed by atoms with Crippen LogP contribution in [-0.4, -0.2) is 43.3 Å². The molecule has 0 bridgehead atoms. The Kier molecular flexibility index (Phi) is 5.67. The smallest absolute Gasteiger partial charge is 0.246 e. The van der Waals surface area contributed by atoms with Gasteiger partial charge < -0.3 is 14.8 Å². The first-order valence-corrected chi connectivity index (χ1v) is 11.1. The molecule has 7 nitrogen and oxygen atoms in total. The van der Waals surface area contributed by atoms with Gasteiger partial charge in [-0.1, -0.05) is 13.3 Å². The van der Waals surface area contributed by atoms with E-state index in [1.54, 1.807) is 18.2 Å². The summed E-state index contributed by atoms with van der Waals surface area (Å²) in [7, 11) is -3.20. The number of rotatable bonds is 6. The third kappa shape index (κ3) is 4.73. The van der Waals surface area contributed by atoms with Crippen molar-refractivity contribution in [1.82, 2.24) is 4.31 Å². The van der Waals surface area contributed by atoms with Gasteiger partial charge in [-0.3, -0.25) is 4.79 Å². The molecular formula is C19H28N2O5S. The predicted octanol–water partition coefficient (Wildman–Crippen LogP) is 2.97. The van der Waals surface area contributed by atoms with Gasteiger partial charge in [0, 0.05) is 44.6 Å². The van der Waals surface area contributed by atoms with E-state index >= 15 is 0 Å². The first kappa shape index (κ1) is 19.9. The lowest BCUT2D eigenvalue weighted by atomic mass is 9.97. The molecule has 1 N–H and O–H groups in total. The summed E-state index contributed by atoms with van der Waals surface area (Å²) < 4.78 is 37.4. The van der Waals surface area contributed by atoms with Crippen LogP contribution in [0.1, 0.15) is 46.5 Å². The number of carbonyl (C=O) groups excluding carboxylic acids is 1. The summed E-state index contributed by atoms with van der Waals surface area (Å²) in [4.78, 5) is 12.6. The zero-order chi connectivity index (χ0) is 19.7. The van der Waals surface area contributed by atoms with Crippen LogP contribution in [0, 0.1) is 5.92 Å². The summed E-state index contributed by atoms with van der Waals surface area (Å²) in [6, 6.07) is 5.32. The molecule has 0 aromatic heterocycles. The van der Waals surface area contributed by atoms with Gasteiger partial charge in [-0.05, 0) is 31.4 Å². The van der Waals surface area contributed by atoms with Crippen LogP contribution in [0.15, 0.2) is 18.2 Å². The maximum atomic E-state index is 12.6. The van der Waals surface area contributed by atoms with Crippen LogP contribution in [0.5, 0.6) is 11.5 Å². The molecule has 8 heteroatoms. The minimum absolute atomic E-state index is 0.0845. The second-order valence-corrected chi connectivity index (χ2v) is 9.69. The van der Waals surface area contributed by atoms with Crippen LogP contribution in [0.2, 0.25) is 0 Å². The lowest BCUT2D eigenvalue weighted by Crippen LogP contribution is -2.42. The van der Waals surface area contributed by atoms with Crippen LogP contribution in [0.4, 0.5) is 5.69 Å². The van der Waals surface area contributed by atoms with Crippen LogP contribution in [-0.2, 0) is 14.8 Å². The van der Waals surface area contributed by atoms with Crippen molar-refractivity contribution in [2.24, 2.45) is 5.92 Å². The number of nitrogens with zero attached hydrogens (tertiary/aromatic N) is 1. The van der Waals surface area contributed by atoms with Crippen molar-refractivity contribution < 1.29 is 22.7 Å². The maximum Gasteiger partial charge on any atom is 0.246 e. The van der Waals surface area contributed by atoms with Crippen molar-refractivity contribution in [2.75, 3.05) is 24.2 Å². The van der Waals surface area contributed by atoms with Crippen molar-refractivity contribution >= 4 is 21.6 Å². The third-order valence-corrected chi connectivity index (χ3v) is 6.85. The van der Waals surface area contributed by atoms with Crippen LogP contribution >= 0.6 is 0 Å². The summed E-state index contributed by atoms with van der Waals surface area (Å²) in [5, 5.41) is 2.91. The number of hydrogen-bond acceptors (Lipinski definition) is 5. The summed E-state index contributed by atoms with van der Waals surface area (Å²) >= 11 is 0. The SMILES string of the molecule is CCCCS(=O)(=O)N1CCC(C(=O)Nc2ccc3c(c2)OC(C)(C)O3)CC1. The number of benzene rings is 1. The van der Waals surface area contributed by atoms with E-state index in [2.05, 4.69) is 5.32 Å². The van der Waals surface area contributed by atoms with Gasteiger partial charge in [0.05, 0.1) is 5.75 Å². The molecule has 3 rings (SSSR count). The molecule has 0 atom stereocenters. The average molecular weight is 397 g/mol. The zero-order valence-corrected chi connectivity index (χ0v) is 17.0. The standard InChI is InChI=1S/C19H28N2O5S/c1-4-5-12-27(23,24)21-10-8-14(9-11-21)18(22)20-15-6-7-16-17(13-15)26-19(2,3)25-16/h6-7,13-14H,4-5,8-12H2,1-3H3,(H,20,22). The number of anilines is 1. The molecule has 0 unspecified atom stereocenters. The minimum Gasteiger partial charge on any atom is -0.449 e. The molecule has 150 valence electrons. The Labute approximate surface area is 161 Å². The molecule has 2 heterocycles. The lowest BCUT2D eigenvalue weighted by molar-refractivity contribution is -0.120. The van der Waals surface area contributed by atoms with E-state index in [9.17, 15) is 13.2 Å². The predicted molar refractivity (Wildman–Crippen MR) is 103 cm³/mol. The molecule has 1 amide bonds. The summed E-state index contributed by atoms with van der Waals surface area (Å²) in [6.07, 6.45) is 2.60. The molecule has 0 saturated carbocycles. The zero-order valence-electron chi connectivity index (χ0n) is 16.2. The van der Waals surface area contributed by atoms with Crippen molar-refractivity contribution in [2.45, 2.75) is 52.2 Å². The Balaban J connectivity index is 1.55. The molecule has 1 aromatic carbocycles. The van der Waals surface area contributed by atoms with Crippen LogP contribution < -0.4 is 14.8 Å². The van der Waals surface area contributed by atoms with Gasteiger partial charge in [-0.15, -0.1) is 0 Å². The highest BCUT2D eigenvalue weighted by molar-refractivity contribution is 7.89. The number of fused-ring (bicyclic) bond motifs is 1. The number of sulfonamides is 1.